The van der Waals surface area contributed by atoms with Gasteiger partial charge in [0, 0.05) is 0 Å². The smallest absolute Gasteiger partial charge is 0.459 e. The van der Waals surface area contributed by atoms with Crippen LogP contribution in [0.3, 0.4) is 0 Å². The number of anilines is 1. The molecule has 16 heteroatoms. The van der Waals surface area contributed by atoms with Gasteiger partial charge >= 0.3 is 13.7 Å². The fourth-order valence-electron chi connectivity index (χ4n) is 4.01. The Morgan fingerprint density at radius 2 is 2.08 bits per heavy atom. The molecule has 3 heterocycles. The van der Waals surface area contributed by atoms with Crippen molar-refractivity contribution in [1.82, 2.24) is 24.6 Å². The second-order valence-electron chi connectivity index (χ2n) is 8.84. The third-order valence-electron chi connectivity index (χ3n) is 5.94. The summed E-state index contributed by atoms with van der Waals surface area (Å²) in [5, 5.41) is 13.3. The van der Waals surface area contributed by atoms with Crippen molar-refractivity contribution in [3.8, 4) is 11.6 Å². The van der Waals surface area contributed by atoms with Crippen molar-refractivity contribution in [2.24, 2.45) is 0 Å². The summed E-state index contributed by atoms with van der Waals surface area (Å²) in [7, 11) is -3.09. The monoisotopic (exact) mass is 568 g/mol. The number of aliphatic hydroxyl groups excluding tert-OH is 1. The molecule has 0 aliphatic carbocycles. The highest BCUT2D eigenvalue weighted by Gasteiger charge is 2.56. The van der Waals surface area contributed by atoms with Crippen molar-refractivity contribution in [2.75, 3.05) is 26.1 Å². The SMILES string of the molecule is CCOc1nc(N)nc2c1ncn2[C@@H]1O[C@H](COP(=O)(N[C@@H](C)C(=O)OC)Oc2ccccc2)[C@@H](O)[C@@]1(C)F. The van der Waals surface area contributed by atoms with E-state index in [1.54, 1.807) is 25.1 Å². The lowest BCUT2D eigenvalue weighted by Crippen LogP contribution is -2.41. The number of benzene rings is 1. The number of halogens is 1. The quantitative estimate of drug-likeness (QED) is 0.226. The topological polar surface area (TPSA) is 182 Å². The highest BCUT2D eigenvalue weighted by atomic mass is 31.2. The fourth-order valence-corrected chi connectivity index (χ4v) is 5.52. The van der Waals surface area contributed by atoms with E-state index in [0.717, 1.165) is 6.92 Å². The molecule has 2 aromatic heterocycles. The van der Waals surface area contributed by atoms with Gasteiger partial charge in [0.25, 0.3) is 0 Å². The van der Waals surface area contributed by atoms with Gasteiger partial charge in [-0.25, -0.2) is 13.9 Å². The summed E-state index contributed by atoms with van der Waals surface area (Å²) in [6.45, 7) is 4.00. The number of carbonyl (C=O) groups excluding carboxylic acids is 1. The Balaban J connectivity index is 1.58. The van der Waals surface area contributed by atoms with Gasteiger partial charge in [0.15, 0.2) is 23.1 Å². The minimum absolute atomic E-state index is 0.113. The Labute approximate surface area is 223 Å². The summed E-state index contributed by atoms with van der Waals surface area (Å²) in [5.74, 6) is -0.554. The Morgan fingerprint density at radius 3 is 2.74 bits per heavy atom. The zero-order chi connectivity index (χ0) is 28.4. The van der Waals surface area contributed by atoms with E-state index in [-0.39, 0.29) is 35.3 Å². The zero-order valence-electron chi connectivity index (χ0n) is 21.7. The predicted molar refractivity (Wildman–Crippen MR) is 136 cm³/mol. The van der Waals surface area contributed by atoms with E-state index in [4.69, 9.17) is 24.3 Å². The molecule has 212 valence electrons. The molecule has 6 atom stereocenters. The third kappa shape index (κ3) is 5.97. The van der Waals surface area contributed by atoms with E-state index < -0.39 is 50.5 Å². The molecule has 3 aromatic rings. The minimum atomic E-state index is -4.26. The van der Waals surface area contributed by atoms with Crippen LogP contribution in [0.5, 0.6) is 11.6 Å². The summed E-state index contributed by atoms with van der Waals surface area (Å²) >= 11 is 0. The molecule has 1 aromatic carbocycles. The molecule has 1 fully saturated rings. The van der Waals surface area contributed by atoms with Gasteiger partial charge in [0.2, 0.25) is 11.8 Å². The first-order valence-electron chi connectivity index (χ1n) is 12.0. The molecule has 39 heavy (non-hydrogen) atoms. The molecule has 0 amide bonds. The van der Waals surface area contributed by atoms with Gasteiger partial charge < -0.3 is 29.6 Å². The first-order chi connectivity index (χ1) is 18.5. The fraction of sp³-hybridized carbons (Fsp3) is 0.478. The number of esters is 1. The van der Waals surface area contributed by atoms with E-state index >= 15 is 4.39 Å². The van der Waals surface area contributed by atoms with Crippen LogP contribution >= 0.6 is 7.75 Å². The lowest BCUT2D eigenvalue weighted by molar-refractivity contribution is -0.142. The number of ether oxygens (including phenoxy) is 3. The third-order valence-corrected chi connectivity index (χ3v) is 7.59. The molecule has 4 rings (SSSR count). The van der Waals surface area contributed by atoms with Gasteiger partial charge in [-0.2, -0.15) is 15.1 Å². The number of alkyl halides is 1. The molecule has 1 unspecified atom stereocenters. The second kappa shape index (κ2) is 11.4. The Kier molecular flexibility index (Phi) is 8.37. The number of carbonyl (C=O) groups is 1. The van der Waals surface area contributed by atoms with Crippen LogP contribution < -0.4 is 20.1 Å². The number of nitrogen functional groups attached to an aromatic ring is 1. The van der Waals surface area contributed by atoms with Crippen molar-refractivity contribution >= 4 is 30.8 Å². The highest BCUT2D eigenvalue weighted by molar-refractivity contribution is 7.52. The van der Waals surface area contributed by atoms with Crippen LogP contribution in [-0.2, 0) is 23.4 Å². The predicted octanol–water partition coefficient (Wildman–Crippen LogP) is 2.15. The zero-order valence-corrected chi connectivity index (χ0v) is 22.6. The van der Waals surface area contributed by atoms with Crippen LogP contribution in [0.25, 0.3) is 11.2 Å². The first-order valence-corrected chi connectivity index (χ1v) is 13.5. The largest absolute Gasteiger partial charge is 0.476 e. The first kappa shape index (κ1) is 28.6. The number of fused-ring (bicyclic) bond motifs is 1. The summed E-state index contributed by atoms with van der Waals surface area (Å²) in [4.78, 5) is 24.3. The Bertz CT molecular complexity index is 1360. The molecular weight excluding hydrogens is 538 g/mol. The average molecular weight is 568 g/mol. The maximum atomic E-state index is 15.9. The van der Waals surface area contributed by atoms with Crippen molar-refractivity contribution in [1.29, 1.82) is 0 Å². The molecular formula is C23H30FN6O8P. The molecule has 0 radical (unpaired) electrons. The summed E-state index contributed by atoms with van der Waals surface area (Å²) in [6, 6.07) is 7.00. The van der Waals surface area contributed by atoms with Crippen LogP contribution in [-0.4, -0.2) is 74.8 Å². The van der Waals surface area contributed by atoms with Crippen LogP contribution in [0.2, 0.25) is 0 Å². The number of aliphatic hydroxyl groups is 1. The van der Waals surface area contributed by atoms with Crippen molar-refractivity contribution in [2.45, 2.75) is 50.9 Å². The average Bonchev–Trinajstić information content (AvgIpc) is 3.40. The summed E-state index contributed by atoms with van der Waals surface area (Å²) in [5.41, 5.74) is 3.78. The normalized spacial score (nSPS) is 25.2. The van der Waals surface area contributed by atoms with Gasteiger partial charge in [-0.3, -0.25) is 13.9 Å². The number of imidazole rings is 1. The Hall–Kier alpha value is -3.36. The molecule has 1 aliphatic heterocycles. The number of hydrogen-bond donors (Lipinski definition) is 3. The number of rotatable bonds is 11. The lowest BCUT2D eigenvalue weighted by atomic mass is 9.98. The van der Waals surface area contributed by atoms with Crippen molar-refractivity contribution in [3.63, 3.8) is 0 Å². The van der Waals surface area contributed by atoms with Gasteiger partial charge in [0.05, 0.1) is 26.7 Å². The summed E-state index contributed by atoms with van der Waals surface area (Å²) in [6.07, 6.45) is -3.20. The van der Waals surface area contributed by atoms with Crippen LogP contribution in [0, 0.1) is 0 Å². The number of nitrogens with zero attached hydrogens (tertiary/aromatic N) is 4. The van der Waals surface area contributed by atoms with E-state index in [0.29, 0.717) is 0 Å². The minimum Gasteiger partial charge on any atom is -0.476 e. The van der Waals surface area contributed by atoms with Crippen LogP contribution in [0.4, 0.5) is 10.3 Å². The van der Waals surface area contributed by atoms with Gasteiger partial charge in [-0.1, -0.05) is 18.2 Å². The maximum Gasteiger partial charge on any atom is 0.459 e. The Morgan fingerprint density at radius 1 is 1.36 bits per heavy atom. The lowest BCUT2D eigenvalue weighted by Gasteiger charge is -2.25. The van der Waals surface area contributed by atoms with Crippen LogP contribution in [0.15, 0.2) is 36.7 Å². The van der Waals surface area contributed by atoms with E-state index in [2.05, 4.69) is 24.8 Å². The second-order valence-corrected chi connectivity index (χ2v) is 10.5. The number of methoxy groups -OCH3 is 1. The van der Waals surface area contributed by atoms with Crippen LogP contribution in [0.1, 0.15) is 27.0 Å². The number of hydrogen-bond acceptors (Lipinski definition) is 12. The molecule has 0 spiro atoms. The maximum absolute atomic E-state index is 15.9. The molecule has 0 saturated carbocycles. The number of nitrogens with two attached hydrogens (primary N) is 1. The number of para-hydroxylation sites is 1. The number of aromatic nitrogens is 4. The van der Waals surface area contributed by atoms with E-state index in [1.165, 1.54) is 37.1 Å². The van der Waals surface area contributed by atoms with Gasteiger partial charge in [0.1, 0.15) is 24.0 Å². The summed E-state index contributed by atoms with van der Waals surface area (Å²) < 4.78 is 57.8. The van der Waals surface area contributed by atoms with Gasteiger partial charge in [-0.15, -0.1) is 0 Å². The van der Waals surface area contributed by atoms with Crippen molar-refractivity contribution in [3.05, 3.63) is 36.7 Å². The standard InChI is InChI=1S/C23H30FN6O8P/c1-5-35-19-16-18(27-22(25)28-19)30(12-26-16)21-23(3,24)17(31)15(37-21)11-36-39(33,29-13(2)20(32)34-4)38-14-9-7-6-8-10-14/h6-10,12-13,15,17,21,31H,5,11H2,1-4H3,(H,29,33)(H2,25,27,28)/t13-,15+,17+,21+,23+,39?/m0/s1. The van der Waals surface area contributed by atoms with Crippen molar-refractivity contribution < 1.29 is 42.1 Å². The molecule has 14 nitrogen and oxygen atoms in total. The number of nitrogens with one attached hydrogen (secondary N) is 1. The van der Waals surface area contributed by atoms with Gasteiger partial charge in [-0.05, 0) is 32.9 Å². The molecule has 4 N–H and O–H groups in total. The van der Waals surface area contributed by atoms with E-state index in [9.17, 15) is 14.5 Å². The van der Waals surface area contributed by atoms with E-state index in [1.807, 2.05) is 0 Å². The molecule has 1 aliphatic rings. The highest BCUT2D eigenvalue weighted by Crippen LogP contribution is 2.48. The molecule has 0 bridgehead atoms. The molecule has 1 saturated heterocycles.